The number of carbonyl (C=O) groups excluding carboxylic acids is 1. The fourth-order valence-corrected chi connectivity index (χ4v) is 3.91. The van der Waals surface area contributed by atoms with Crippen molar-refractivity contribution in [3.63, 3.8) is 0 Å². The number of nitrogens with two attached hydrogens (primary N) is 1. The van der Waals surface area contributed by atoms with Gasteiger partial charge in [0.2, 0.25) is 0 Å². The molecule has 0 spiro atoms. The number of halogens is 1. The van der Waals surface area contributed by atoms with Gasteiger partial charge in [-0.25, -0.2) is 0 Å². The summed E-state index contributed by atoms with van der Waals surface area (Å²) in [6.45, 7) is 0.407. The van der Waals surface area contributed by atoms with Crippen molar-refractivity contribution < 1.29 is 9.53 Å². The van der Waals surface area contributed by atoms with Gasteiger partial charge in [-0.3, -0.25) is 9.36 Å². The molecule has 8 heteroatoms. The summed E-state index contributed by atoms with van der Waals surface area (Å²) in [4.78, 5) is 12.9. The van der Waals surface area contributed by atoms with Gasteiger partial charge >= 0.3 is 0 Å². The molecule has 1 heterocycles. The second-order valence-corrected chi connectivity index (χ2v) is 7.48. The Labute approximate surface area is 165 Å². The summed E-state index contributed by atoms with van der Waals surface area (Å²) in [6.07, 6.45) is 0. The highest BCUT2D eigenvalue weighted by atomic mass is 35.5. The van der Waals surface area contributed by atoms with Crippen LogP contribution in [0.15, 0.2) is 48.5 Å². The average molecular weight is 406 g/mol. The summed E-state index contributed by atoms with van der Waals surface area (Å²) >= 11 is 12.7. The third kappa shape index (κ3) is 3.75. The predicted molar refractivity (Wildman–Crippen MR) is 108 cm³/mol. The van der Waals surface area contributed by atoms with E-state index < -0.39 is 0 Å². The molecule has 3 aromatic rings. The first-order chi connectivity index (χ1) is 12.5. The maximum absolute atomic E-state index is 12.6. The van der Waals surface area contributed by atoms with E-state index in [1.165, 1.54) is 0 Å². The number of nitrogen functional groups attached to an aromatic ring is 1. The van der Waals surface area contributed by atoms with Crippen molar-refractivity contribution in [2.24, 2.45) is 0 Å². The van der Waals surface area contributed by atoms with E-state index in [0.717, 1.165) is 16.9 Å². The van der Waals surface area contributed by atoms with Crippen LogP contribution in [-0.4, -0.2) is 17.6 Å². The molecule has 134 valence electrons. The SMILES string of the molecule is COc1ccc(Cl)cc1-n1c(N)c(C(=O)NCc2ccccc2)sc1=S. The van der Waals surface area contributed by atoms with Crippen LogP contribution in [0.25, 0.3) is 5.69 Å². The van der Waals surface area contributed by atoms with E-state index in [4.69, 9.17) is 34.3 Å². The topological polar surface area (TPSA) is 69.3 Å². The Balaban J connectivity index is 1.92. The number of aromatic nitrogens is 1. The largest absolute Gasteiger partial charge is 0.495 e. The number of hydrogen-bond acceptors (Lipinski definition) is 5. The molecule has 0 radical (unpaired) electrons. The van der Waals surface area contributed by atoms with Gasteiger partial charge in [0.25, 0.3) is 5.91 Å². The van der Waals surface area contributed by atoms with Gasteiger partial charge in [-0.15, -0.1) is 0 Å². The van der Waals surface area contributed by atoms with Gasteiger partial charge < -0.3 is 15.8 Å². The zero-order valence-corrected chi connectivity index (χ0v) is 16.3. The van der Waals surface area contributed by atoms with Gasteiger partial charge in [0.15, 0.2) is 3.95 Å². The minimum Gasteiger partial charge on any atom is -0.495 e. The van der Waals surface area contributed by atoms with Crippen LogP contribution < -0.4 is 15.8 Å². The van der Waals surface area contributed by atoms with Gasteiger partial charge in [-0.1, -0.05) is 53.3 Å². The van der Waals surface area contributed by atoms with Crippen molar-refractivity contribution in [3.8, 4) is 11.4 Å². The van der Waals surface area contributed by atoms with Crippen LogP contribution in [0.3, 0.4) is 0 Å². The molecular formula is C18H16ClN3O2S2. The summed E-state index contributed by atoms with van der Waals surface area (Å²) < 4.78 is 7.40. The highest BCUT2D eigenvalue weighted by molar-refractivity contribution is 7.73. The lowest BCUT2D eigenvalue weighted by atomic mass is 10.2. The van der Waals surface area contributed by atoms with E-state index in [2.05, 4.69) is 5.32 Å². The van der Waals surface area contributed by atoms with Gasteiger partial charge in [0, 0.05) is 11.6 Å². The minimum atomic E-state index is -0.276. The fraction of sp³-hybridized carbons (Fsp3) is 0.111. The number of nitrogens with one attached hydrogen (secondary N) is 1. The molecule has 0 atom stereocenters. The smallest absolute Gasteiger partial charge is 0.265 e. The Kier molecular flexibility index (Phi) is 5.61. The molecule has 1 amide bonds. The van der Waals surface area contributed by atoms with Crippen molar-refractivity contribution >= 4 is 46.9 Å². The number of hydrogen-bond donors (Lipinski definition) is 2. The lowest BCUT2D eigenvalue weighted by Gasteiger charge is -2.12. The molecule has 0 unspecified atom stereocenters. The zero-order valence-electron chi connectivity index (χ0n) is 13.9. The number of methoxy groups -OCH3 is 1. The number of anilines is 1. The van der Waals surface area contributed by atoms with Crippen LogP contribution in [0.5, 0.6) is 5.75 Å². The van der Waals surface area contributed by atoms with Gasteiger partial charge in [-0.05, 0) is 36.0 Å². The maximum Gasteiger partial charge on any atom is 0.265 e. The standard InChI is InChI=1S/C18H16ClN3O2S2/c1-24-14-8-7-12(19)9-13(14)22-16(20)15(26-18(22)25)17(23)21-10-11-5-3-2-4-6-11/h2-9H,10,20H2,1H3,(H,21,23). The molecule has 0 saturated heterocycles. The Morgan fingerprint density at radius 1 is 1.31 bits per heavy atom. The molecule has 3 rings (SSSR count). The lowest BCUT2D eigenvalue weighted by Crippen LogP contribution is -2.23. The minimum absolute atomic E-state index is 0.256. The van der Waals surface area contributed by atoms with E-state index in [0.29, 0.717) is 31.8 Å². The van der Waals surface area contributed by atoms with E-state index >= 15 is 0 Å². The van der Waals surface area contributed by atoms with Crippen molar-refractivity contribution in [3.05, 3.63) is 67.9 Å². The quantitative estimate of drug-likeness (QED) is 0.615. The van der Waals surface area contributed by atoms with Crippen molar-refractivity contribution in [1.29, 1.82) is 0 Å². The summed E-state index contributed by atoms with van der Waals surface area (Å²) in [6, 6.07) is 14.8. The maximum atomic E-state index is 12.6. The molecule has 26 heavy (non-hydrogen) atoms. The molecule has 2 aromatic carbocycles. The first kappa shape index (κ1) is 18.4. The van der Waals surface area contributed by atoms with Crippen molar-refractivity contribution in [1.82, 2.24) is 9.88 Å². The molecular weight excluding hydrogens is 390 g/mol. The van der Waals surface area contributed by atoms with Crippen molar-refractivity contribution in [2.75, 3.05) is 12.8 Å². The Bertz CT molecular complexity index is 999. The van der Waals surface area contributed by atoms with Crippen LogP contribution in [0.2, 0.25) is 5.02 Å². The van der Waals surface area contributed by atoms with E-state index in [1.54, 1.807) is 29.9 Å². The average Bonchev–Trinajstić information content (AvgIpc) is 2.95. The molecule has 0 bridgehead atoms. The molecule has 5 nitrogen and oxygen atoms in total. The third-order valence-corrected chi connectivity index (χ3v) is 5.35. The van der Waals surface area contributed by atoms with E-state index in [9.17, 15) is 4.79 Å². The van der Waals surface area contributed by atoms with Gasteiger partial charge in [0.05, 0.1) is 12.8 Å². The molecule has 0 aliphatic carbocycles. The second-order valence-electron chi connectivity index (χ2n) is 5.40. The number of thiazole rings is 1. The predicted octanol–water partition coefficient (Wildman–Crippen LogP) is 4.44. The summed E-state index contributed by atoms with van der Waals surface area (Å²) in [5, 5.41) is 3.38. The number of benzene rings is 2. The lowest BCUT2D eigenvalue weighted by molar-refractivity contribution is 0.0955. The molecule has 3 N–H and O–H groups in total. The first-order valence-corrected chi connectivity index (χ1v) is 9.29. The summed E-state index contributed by atoms with van der Waals surface area (Å²) in [5.41, 5.74) is 7.82. The van der Waals surface area contributed by atoms with E-state index in [-0.39, 0.29) is 11.7 Å². The summed E-state index contributed by atoms with van der Waals surface area (Å²) in [7, 11) is 1.55. The number of rotatable bonds is 5. The Hall–Kier alpha value is -2.35. The van der Waals surface area contributed by atoms with E-state index in [1.807, 2.05) is 30.3 Å². The second kappa shape index (κ2) is 7.90. The monoisotopic (exact) mass is 405 g/mol. The zero-order chi connectivity index (χ0) is 18.7. The molecule has 0 fully saturated rings. The van der Waals surface area contributed by atoms with Gasteiger partial charge in [0.1, 0.15) is 16.4 Å². The molecule has 0 aliphatic rings. The molecule has 1 aromatic heterocycles. The molecule has 0 aliphatic heterocycles. The third-order valence-electron chi connectivity index (χ3n) is 3.73. The number of carbonyl (C=O) groups is 1. The van der Waals surface area contributed by atoms with Gasteiger partial charge in [-0.2, -0.15) is 0 Å². The normalized spacial score (nSPS) is 10.5. The summed E-state index contributed by atoms with van der Waals surface area (Å²) in [5.74, 6) is 0.541. The number of ether oxygens (including phenoxy) is 1. The van der Waals surface area contributed by atoms with Crippen molar-refractivity contribution in [2.45, 2.75) is 6.54 Å². The Morgan fingerprint density at radius 2 is 2.04 bits per heavy atom. The number of amides is 1. The van der Waals surface area contributed by atoms with Crippen LogP contribution in [0.1, 0.15) is 15.2 Å². The number of nitrogens with zero attached hydrogens (tertiary/aromatic N) is 1. The first-order valence-electron chi connectivity index (χ1n) is 7.68. The highest BCUT2D eigenvalue weighted by Gasteiger charge is 2.20. The van der Waals surface area contributed by atoms with Crippen LogP contribution in [-0.2, 0) is 6.54 Å². The fourth-order valence-electron chi connectivity index (χ4n) is 2.47. The van der Waals surface area contributed by atoms with Crippen LogP contribution in [0, 0.1) is 3.95 Å². The van der Waals surface area contributed by atoms with Crippen LogP contribution in [0.4, 0.5) is 5.82 Å². The molecule has 0 saturated carbocycles. The Morgan fingerprint density at radius 3 is 2.73 bits per heavy atom. The highest BCUT2D eigenvalue weighted by Crippen LogP contribution is 2.33. The van der Waals surface area contributed by atoms with Crippen LogP contribution >= 0.6 is 35.2 Å².